The molecule has 0 aliphatic carbocycles. The number of anilines is 2. The Morgan fingerprint density at radius 1 is 1.00 bits per heavy atom. The predicted octanol–water partition coefficient (Wildman–Crippen LogP) is 2.23. The number of piperazine rings is 1. The highest BCUT2D eigenvalue weighted by Crippen LogP contribution is 2.32. The van der Waals surface area contributed by atoms with Gasteiger partial charge in [0.2, 0.25) is 5.91 Å². The lowest BCUT2D eigenvalue weighted by Crippen LogP contribution is -2.48. The molecule has 1 N–H and O–H groups in total. The summed E-state index contributed by atoms with van der Waals surface area (Å²) >= 11 is 0. The minimum absolute atomic E-state index is 0.0189. The largest absolute Gasteiger partial charge is 0.497 e. The van der Waals surface area contributed by atoms with Crippen LogP contribution in [0.4, 0.5) is 11.4 Å². The predicted molar refractivity (Wildman–Crippen MR) is 108 cm³/mol. The van der Waals surface area contributed by atoms with Gasteiger partial charge in [-0.05, 0) is 36.4 Å². The van der Waals surface area contributed by atoms with Crippen LogP contribution in [0, 0.1) is 0 Å². The molecule has 7 nitrogen and oxygen atoms in total. The van der Waals surface area contributed by atoms with Crippen LogP contribution in [0.3, 0.4) is 0 Å². The number of nitrogens with one attached hydrogen (secondary N) is 1. The van der Waals surface area contributed by atoms with Gasteiger partial charge in [0.15, 0.2) is 11.5 Å². The maximum Gasteiger partial charge on any atom is 0.238 e. The van der Waals surface area contributed by atoms with Crippen molar-refractivity contribution in [3.05, 3.63) is 42.5 Å². The number of hydrogen-bond acceptors (Lipinski definition) is 6. The fourth-order valence-electron chi connectivity index (χ4n) is 3.48. The van der Waals surface area contributed by atoms with Crippen molar-refractivity contribution in [1.29, 1.82) is 0 Å². The third-order valence-electron chi connectivity index (χ3n) is 5.00. The molecule has 2 heterocycles. The molecule has 2 aliphatic heterocycles. The fourth-order valence-corrected chi connectivity index (χ4v) is 3.48. The SMILES string of the molecule is COc1ccc(N2CCN(CC(=O)Nc3ccc4c(c3)OCCO4)CC2)cc1. The summed E-state index contributed by atoms with van der Waals surface area (Å²) in [6, 6.07) is 13.6. The van der Waals surface area contributed by atoms with Crippen molar-refractivity contribution >= 4 is 17.3 Å². The first-order chi connectivity index (χ1) is 13.7. The molecule has 0 bridgehead atoms. The van der Waals surface area contributed by atoms with Crippen LogP contribution in [0.25, 0.3) is 0 Å². The smallest absolute Gasteiger partial charge is 0.238 e. The van der Waals surface area contributed by atoms with Crippen LogP contribution >= 0.6 is 0 Å². The second-order valence-electron chi connectivity index (χ2n) is 6.87. The summed E-state index contributed by atoms with van der Waals surface area (Å²) in [6.07, 6.45) is 0. The Hall–Kier alpha value is -2.93. The lowest BCUT2D eigenvalue weighted by atomic mass is 10.2. The van der Waals surface area contributed by atoms with Gasteiger partial charge in [0.05, 0.1) is 13.7 Å². The minimum atomic E-state index is -0.0189. The molecule has 0 unspecified atom stereocenters. The van der Waals surface area contributed by atoms with E-state index in [2.05, 4.69) is 27.2 Å². The van der Waals surface area contributed by atoms with Crippen LogP contribution in [0.5, 0.6) is 17.2 Å². The summed E-state index contributed by atoms with van der Waals surface area (Å²) in [5.41, 5.74) is 1.91. The second kappa shape index (κ2) is 8.39. The van der Waals surface area contributed by atoms with Gasteiger partial charge in [-0.25, -0.2) is 0 Å². The molecule has 1 fully saturated rings. The summed E-state index contributed by atoms with van der Waals surface area (Å²) < 4.78 is 16.3. The van der Waals surface area contributed by atoms with Crippen molar-refractivity contribution in [2.75, 3.05) is 63.3 Å². The monoisotopic (exact) mass is 383 g/mol. The molecule has 4 rings (SSSR count). The summed E-state index contributed by atoms with van der Waals surface area (Å²) in [5, 5.41) is 2.95. The standard InChI is InChI=1S/C21H25N3O4/c1-26-18-5-3-17(4-6-18)24-10-8-23(9-11-24)15-21(25)22-16-2-7-19-20(14-16)28-13-12-27-19/h2-7,14H,8-13,15H2,1H3,(H,22,25). The highest BCUT2D eigenvalue weighted by atomic mass is 16.6. The Kier molecular flexibility index (Phi) is 5.53. The number of amides is 1. The Balaban J connectivity index is 1.26. The molecule has 28 heavy (non-hydrogen) atoms. The van der Waals surface area contributed by atoms with Crippen molar-refractivity contribution in [3.8, 4) is 17.2 Å². The van der Waals surface area contributed by atoms with E-state index in [1.165, 1.54) is 5.69 Å². The van der Waals surface area contributed by atoms with E-state index < -0.39 is 0 Å². The van der Waals surface area contributed by atoms with Crippen LogP contribution in [0.1, 0.15) is 0 Å². The van der Waals surface area contributed by atoms with Gasteiger partial charge in [-0.2, -0.15) is 0 Å². The van der Waals surface area contributed by atoms with Crippen molar-refractivity contribution in [2.24, 2.45) is 0 Å². The minimum Gasteiger partial charge on any atom is -0.497 e. The van der Waals surface area contributed by atoms with Crippen molar-refractivity contribution < 1.29 is 19.0 Å². The highest BCUT2D eigenvalue weighted by molar-refractivity contribution is 5.92. The van der Waals surface area contributed by atoms with Gasteiger partial charge >= 0.3 is 0 Å². The Labute approximate surface area is 164 Å². The van der Waals surface area contributed by atoms with E-state index in [0.29, 0.717) is 25.5 Å². The Morgan fingerprint density at radius 3 is 2.43 bits per heavy atom. The number of nitrogens with zero attached hydrogens (tertiary/aromatic N) is 2. The molecule has 0 spiro atoms. The quantitative estimate of drug-likeness (QED) is 0.854. The van der Waals surface area contributed by atoms with E-state index in [9.17, 15) is 4.79 Å². The zero-order valence-corrected chi connectivity index (χ0v) is 16.0. The van der Waals surface area contributed by atoms with E-state index in [1.807, 2.05) is 30.3 Å². The Morgan fingerprint density at radius 2 is 1.71 bits per heavy atom. The van der Waals surface area contributed by atoms with E-state index in [4.69, 9.17) is 14.2 Å². The van der Waals surface area contributed by atoms with Crippen LogP contribution < -0.4 is 24.4 Å². The number of ether oxygens (including phenoxy) is 3. The van der Waals surface area contributed by atoms with Gasteiger partial charge in [0.25, 0.3) is 0 Å². The van der Waals surface area contributed by atoms with Gasteiger partial charge in [0, 0.05) is 43.6 Å². The number of benzene rings is 2. The molecule has 2 aliphatic rings. The maximum atomic E-state index is 12.4. The number of fused-ring (bicyclic) bond motifs is 1. The van der Waals surface area contributed by atoms with Gasteiger partial charge in [-0.15, -0.1) is 0 Å². The molecular weight excluding hydrogens is 358 g/mol. The van der Waals surface area contributed by atoms with Crippen molar-refractivity contribution in [1.82, 2.24) is 4.90 Å². The lowest BCUT2D eigenvalue weighted by molar-refractivity contribution is -0.117. The average Bonchev–Trinajstić information content (AvgIpc) is 2.74. The van der Waals surface area contributed by atoms with Crippen LogP contribution in [-0.2, 0) is 4.79 Å². The molecule has 2 aromatic rings. The number of rotatable bonds is 5. The summed E-state index contributed by atoms with van der Waals surface area (Å²) in [6.45, 7) is 4.95. The summed E-state index contributed by atoms with van der Waals surface area (Å²) in [4.78, 5) is 16.9. The fraction of sp³-hybridized carbons (Fsp3) is 0.381. The zero-order chi connectivity index (χ0) is 19.3. The summed E-state index contributed by atoms with van der Waals surface area (Å²) in [5.74, 6) is 2.24. The molecule has 1 saturated heterocycles. The number of methoxy groups -OCH3 is 1. The van der Waals surface area contributed by atoms with E-state index >= 15 is 0 Å². The molecule has 2 aromatic carbocycles. The van der Waals surface area contributed by atoms with Gasteiger partial charge in [-0.3, -0.25) is 9.69 Å². The topological polar surface area (TPSA) is 63.3 Å². The first-order valence-electron chi connectivity index (χ1n) is 9.52. The van der Waals surface area contributed by atoms with Gasteiger partial charge in [0.1, 0.15) is 19.0 Å². The zero-order valence-electron chi connectivity index (χ0n) is 16.0. The molecule has 7 heteroatoms. The van der Waals surface area contributed by atoms with Gasteiger partial charge < -0.3 is 24.4 Å². The Bertz CT molecular complexity index is 817. The molecule has 1 amide bonds. The highest BCUT2D eigenvalue weighted by Gasteiger charge is 2.20. The lowest BCUT2D eigenvalue weighted by Gasteiger charge is -2.35. The molecule has 0 atom stereocenters. The summed E-state index contributed by atoms with van der Waals surface area (Å²) in [7, 11) is 1.67. The van der Waals surface area contributed by atoms with E-state index in [0.717, 1.165) is 43.4 Å². The first kappa shape index (κ1) is 18.4. The van der Waals surface area contributed by atoms with Gasteiger partial charge in [-0.1, -0.05) is 0 Å². The van der Waals surface area contributed by atoms with Crippen molar-refractivity contribution in [3.63, 3.8) is 0 Å². The molecule has 0 radical (unpaired) electrons. The van der Waals surface area contributed by atoms with Crippen molar-refractivity contribution in [2.45, 2.75) is 0 Å². The number of hydrogen-bond donors (Lipinski definition) is 1. The molecule has 148 valence electrons. The maximum absolute atomic E-state index is 12.4. The van der Waals surface area contributed by atoms with Crippen LogP contribution in [0.15, 0.2) is 42.5 Å². The van der Waals surface area contributed by atoms with Crippen LogP contribution in [-0.4, -0.2) is 63.9 Å². The van der Waals surface area contributed by atoms with Crippen LogP contribution in [0.2, 0.25) is 0 Å². The van der Waals surface area contributed by atoms with E-state index in [1.54, 1.807) is 7.11 Å². The number of carbonyl (C=O) groups excluding carboxylic acids is 1. The average molecular weight is 383 g/mol. The molecule has 0 aromatic heterocycles. The van der Waals surface area contributed by atoms with E-state index in [-0.39, 0.29) is 5.91 Å². The number of carbonyl (C=O) groups is 1. The molecule has 0 saturated carbocycles. The third kappa shape index (κ3) is 4.31. The normalized spacial score (nSPS) is 16.5. The first-order valence-corrected chi connectivity index (χ1v) is 9.52. The molecular formula is C21H25N3O4. The second-order valence-corrected chi connectivity index (χ2v) is 6.87. The third-order valence-corrected chi connectivity index (χ3v) is 5.00.